The molecule has 0 saturated heterocycles. The van der Waals surface area contributed by atoms with Crippen molar-refractivity contribution in [2.75, 3.05) is 0 Å². The molecule has 0 radical (unpaired) electrons. The van der Waals surface area contributed by atoms with Crippen molar-refractivity contribution in [3.63, 3.8) is 0 Å². The van der Waals surface area contributed by atoms with E-state index in [0.717, 1.165) is 12.1 Å². The summed E-state index contributed by atoms with van der Waals surface area (Å²) in [6.07, 6.45) is 0.656. The van der Waals surface area contributed by atoms with Crippen LogP contribution in [-0.4, -0.2) is 21.8 Å². The van der Waals surface area contributed by atoms with Gasteiger partial charge in [-0.2, -0.15) is 0 Å². The van der Waals surface area contributed by atoms with Gasteiger partial charge in [0.05, 0.1) is 15.4 Å². The lowest BCUT2D eigenvalue weighted by Gasteiger charge is -2.11. The summed E-state index contributed by atoms with van der Waals surface area (Å²) in [7, 11) is 0. The Balaban J connectivity index is 3.31. The third-order valence-corrected chi connectivity index (χ3v) is 3.07. The van der Waals surface area contributed by atoms with Crippen molar-refractivity contribution in [3.05, 3.63) is 42.9 Å². The molecule has 1 unspecified atom stereocenters. The first-order chi connectivity index (χ1) is 9.27. The molecular formula is C11H12ClN3O5. The van der Waals surface area contributed by atoms with Crippen molar-refractivity contribution >= 4 is 28.9 Å². The molecule has 8 nitrogen and oxygen atoms in total. The van der Waals surface area contributed by atoms with Gasteiger partial charge in [-0.25, -0.2) is 0 Å². The van der Waals surface area contributed by atoms with E-state index in [4.69, 9.17) is 11.6 Å². The average Bonchev–Trinajstić information content (AvgIpc) is 2.37. The number of carbonyl (C=O) groups is 1. The highest BCUT2D eigenvalue weighted by molar-refractivity contribution is 6.35. The second kappa shape index (κ2) is 6.29. The number of hydrogen-bond acceptors (Lipinski definition) is 5. The number of nitro groups is 2. The Labute approximate surface area is 119 Å². The van der Waals surface area contributed by atoms with E-state index in [0.29, 0.717) is 6.42 Å². The highest BCUT2D eigenvalue weighted by Gasteiger charge is 2.27. The van der Waals surface area contributed by atoms with Gasteiger partial charge in [-0.05, 0) is 13.3 Å². The van der Waals surface area contributed by atoms with Gasteiger partial charge in [0.25, 0.3) is 17.3 Å². The number of nitrogens with zero attached hydrogens (tertiary/aromatic N) is 2. The minimum Gasteiger partial charge on any atom is -0.350 e. The number of carbonyl (C=O) groups excluding carboxylic acids is 1. The Hall–Kier alpha value is -2.22. The standard InChI is InChI=1S/C11H12ClN3O5/c1-3-6(2)13-11(16)7-4-8(14(17)18)10(12)9(5-7)15(19)20/h4-6H,3H2,1-2H3,(H,13,16). The molecule has 0 fully saturated rings. The van der Waals surface area contributed by atoms with Crippen LogP contribution in [0, 0.1) is 20.2 Å². The topological polar surface area (TPSA) is 115 Å². The summed E-state index contributed by atoms with van der Waals surface area (Å²) in [6.45, 7) is 3.59. The summed E-state index contributed by atoms with van der Waals surface area (Å²) in [6, 6.07) is 1.69. The van der Waals surface area contributed by atoms with Crippen LogP contribution in [0.5, 0.6) is 0 Å². The van der Waals surface area contributed by atoms with Crippen molar-refractivity contribution in [1.29, 1.82) is 0 Å². The Kier molecular flexibility index (Phi) is 4.98. The summed E-state index contributed by atoms with van der Waals surface area (Å²) >= 11 is 5.59. The third-order valence-electron chi connectivity index (χ3n) is 2.68. The van der Waals surface area contributed by atoms with E-state index in [9.17, 15) is 25.0 Å². The molecule has 0 aromatic heterocycles. The Bertz CT molecular complexity index is 540. The van der Waals surface area contributed by atoms with Crippen LogP contribution in [0.3, 0.4) is 0 Å². The molecule has 1 atom stereocenters. The molecule has 9 heteroatoms. The molecule has 1 rings (SSSR count). The van der Waals surface area contributed by atoms with Crippen molar-refractivity contribution in [1.82, 2.24) is 5.32 Å². The zero-order valence-corrected chi connectivity index (χ0v) is 11.5. The summed E-state index contributed by atoms with van der Waals surface area (Å²) in [5, 5.41) is 23.6. The third kappa shape index (κ3) is 3.41. The monoisotopic (exact) mass is 301 g/mol. The maximum Gasteiger partial charge on any atom is 0.295 e. The number of nitrogens with one attached hydrogen (secondary N) is 1. The van der Waals surface area contributed by atoms with Gasteiger partial charge in [0.1, 0.15) is 0 Å². The van der Waals surface area contributed by atoms with E-state index < -0.39 is 32.2 Å². The van der Waals surface area contributed by atoms with Gasteiger partial charge >= 0.3 is 0 Å². The lowest BCUT2D eigenvalue weighted by Crippen LogP contribution is -2.32. The summed E-state index contributed by atoms with van der Waals surface area (Å²) in [4.78, 5) is 31.8. The first-order valence-electron chi connectivity index (χ1n) is 5.71. The predicted molar refractivity (Wildman–Crippen MR) is 72.0 cm³/mol. The molecule has 1 amide bonds. The second-order valence-corrected chi connectivity index (χ2v) is 4.50. The molecule has 20 heavy (non-hydrogen) atoms. The number of nitro benzene ring substituents is 2. The molecular weight excluding hydrogens is 290 g/mol. The van der Waals surface area contributed by atoms with Gasteiger partial charge in [-0.1, -0.05) is 18.5 Å². The van der Waals surface area contributed by atoms with Crippen LogP contribution in [0.2, 0.25) is 5.02 Å². The second-order valence-electron chi connectivity index (χ2n) is 4.13. The number of halogens is 1. The molecule has 0 bridgehead atoms. The van der Waals surface area contributed by atoms with Crippen LogP contribution < -0.4 is 5.32 Å². The largest absolute Gasteiger partial charge is 0.350 e. The lowest BCUT2D eigenvalue weighted by atomic mass is 10.1. The molecule has 0 aliphatic carbocycles. The summed E-state index contributed by atoms with van der Waals surface area (Å²) in [5.74, 6) is -0.623. The predicted octanol–water partition coefficient (Wildman–Crippen LogP) is 2.68. The zero-order chi connectivity index (χ0) is 15.4. The van der Waals surface area contributed by atoms with E-state index in [1.165, 1.54) is 0 Å². The zero-order valence-electron chi connectivity index (χ0n) is 10.8. The van der Waals surface area contributed by atoms with Gasteiger partial charge in [0.2, 0.25) is 0 Å². The first-order valence-corrected chi connectivity index (χ1v) is 6.08. The summed E-state index contributed by atoms with van der Waals surface area (Å²) in [5.41, 5.74) is -1.52. The highest BCUT2D eigenvalue weighted by Crippen LogP contribution is 2.34. The fourth-order valence-electron chi connectivity index (χ4n) is 1.40. The molecule has 0 heterocycles. The number of amides is 1. The van der Waals surface area contributed by atoms with Gasteiger partial charge in [-0.3, -0.25) is 25.0 Å². The maximum absolute atomic E-state index is 11.9. The van der Waals surface area contributed by atoms with E-state index >= 15 is 0 Å². The van der Waals surface area contributed by atoms with Crippen LogP contribution in [-0.2, 0) is 0 Å². The number of rotatable bonds is 5. The SMILES string of the molecule is CCC(C)NC(=O)c1cc([N+](=O)[O-])c(Cl)c([N+](=O)[O-])c1. The van der Waals surface area contributed by atoms with Crippen molar-refractivity contribution < 1.29 is 14.6 Å². The smallest absolute Gasteiger partial charge is 0.295 e. The van der Waals surface area contributed by atoms with Crippen molar-refractivity contribution in [3.8, 4) is 0 Å². The Morgan fingerprint density at radius 3 is 2.10 bits per heavy atom. The van der Waals surface area contributed by atoms with Gasteiger partial charge in [-0.15, -0.1) is 0 Å². The molecule has 0 spiro atoms. The molecule has 0 saturated carbocycles. The van der Waals surface area contributed by atoms with Gasteiger partial charge in [0, 0.05) is 18.2 Å². The van der Waals surface area contributed by atoms with Crippen molar-refractivity contribution in [2.24, 2.45) is 0 Å². The van der Waals surface area contributed by atoms with Gasteiger partial charge in [0.15, 0.2) is 5.02 Å². The molecule has 108 valence electrons. The average molecular weight is 302 g/mol. The molecule has 0 aliphatic heterocycles. The van der Waals surface area contributed by atoms with E-state index in [-0.39, 0.29) is 11.6 Å². The minimum atomic E-state index is -0.866. The highest BCUT2D eigenvalue weighted by atomic mass is 35.5. The van der Waals surface area contributed by atoms with Crippen LogP contribution >= 0.6 is 11.6 Å². The number of benzene rings is 1. The maximum atomic E-state index is 11.9. The van der Waals surface area contributed by atoms with Crippen LogP contribution in [0.25, 0.3) is 0 Å². The molecule has 1 aromatic rings. The van der Waals surface area contributed by atoms with Crippen LogP contribution in [0.1, 0.15) is 30.6 Å². The fraction of sp³-hybridized carbons (Fsp3) is 0.364. The quantitative estimate of drug-likeness (QED) is 0.663. The van der Waals surface area contributed by atoms with Crippen LogP contribution in [0.4, 0.5) is 11.4 Å². The molecule has 1 aromatic carbocycles. The minimum absolute atomic E-state index is 0.156. The lowest BCUT2D eigenvalue weighted by molar-refractivity contribution is -0.393. The van der Waals surface area contributed by atoms with E-state index in [1.54, 1.807) is 6.92 Å². The summed E-state index contributed by atoms with van der Waals surface area (Å²) < 4.78 is 0. The Morgan fingerprint density at radius 1 is 1.30 bits per heavy atom. The molecule has 1 N–H and O–H groups in total. The van der Waals surface area contributed by atoms with E-state index in [1.807, 2.05) is 6.92 Å². The number of hydrogen-bond donors (Lipinski definition) is 1. The first kappa shape index (κ1) is 15.8. The molecule has 0 aliphatic rings. The Morgan fingerprint density at radius 2 is 1.75 bits per heavy atom. The van der Waals surface area contributed by atoms with E-state index in [2.05, 4.69) is 5.32 Å². The van der Waals surface area contributed by atoms with Gasteiger partial charge < -0.3 is 5.32 Å². The normalized spacial score (nSPS) is 11.8. The van der Waals surface area contributed by atoms with Crippen LogP contribution in [0.15, 0.2) is 12.1 Å². The van der Waals surface area contributed by atoms with Crippen molar-refractivity contribution in [2.45, 2.75) is 26.3 Å². The fourth-order valence-corrected chi connectivity index (χ4v) is 1.65.